The molecule has 18 heavy (non-hydrogen) atoms. The second kappa shape index (κ2) is 6.97. The first kappa shape index (κ1) is 13.6. The maximum Gasteiger partial charge on any atom is 0.330 e. The summed E-state index contributed by atoms with van der Waals surface area (Å²) in [6.45, 7) is 0.309. The molecule has 1 aromatic rings. The lowest BCUT2D eigenvalue weighted by Gasteiger charge is -2.15. The van der Waals surface area contributed by atoms with Crippen LogP contribution in [0.1, 0.15) is 18.0 Å². The highest BCUT2D eigenvalue weighted by Gasteiger charge is 2.21. The predicted molar refractivity (Wildman–Crippen MR) is 66.8 cm³/mol. The van der Waals surface area contributed by atoms with Crippen LogP contribution in [-0.2, 0) is 4.79 Å². The summed E-state index contributed by atoms with van der Waals surface area (Å²) in [6.07, 6.45) is 5.44. The molecular weight excluding hydrogens is 232 g/mol. The van der Waals surface area contributed by atoms with Gasteiger partial charge in [0, 0.05) is 13.0 Å². The van der Waals surface area contributed by atoms with E-state index in [4.69, 9.17) is 11.5 Å². The van der Waals surface area contributed by atoms with Gasteiger partial charge in [-0.1, -0.05) is 30.3 Å². The monoisotopic (exact) mass is 246 g/mol. The Balaban J connectivity index is 2.63. The van der Waals surface area contributed by atoms with Gasteiger partial charge >= 0.3 is 12.0 Å². The van der Waals surface area contributed by atoms with Crippen LogP contribution in [0.3, 0.4) is 0 Å². The van der Waals surface area contributed by atoms with Crippen molar-refractivity contribution in [3.05, 3.63) is 35.9 Å². The minimum atomic E-state index is -1.12. The maximum atomic E-state index is 11.5. The van der Waals surface area contributed by atoms with Crippen molar-refractivity contribution < 1.29 is 14.7 Å². The molecule has 0 heterocycles. The minimum Gasteiger partial charge on any atom is -0.479 e. The fraction of sp³-hybridized carbons (Fsp3) is 0.231. The zero-order valence-electron chi connectivity index (χ0n) is 9.72. The molecule has 0 aliphatic carbocycles. The Bertz CT molecular complexity index is 451. The molecule has 0 aliphatic rings. The van der Waals surface area contributed by atoms with E-state index in [0.717, 1.165) is 0 Å². The smallest absolute Gasteiger partial charge is 0.330 e. The van der Waals surface area contributed by atoms with Gasteiger partial charge in [-0.3, -0.25) is 0 Å². The minimum absolute atomic E-state index is 0.309. The number of carboxylic acids is 1. The summed E-state index contributed by atoms with van der Waals surface area (Å²) >= 11 is 0. The van der Waals surface area contributed by atoms with E-state index in [9.17, 15) is 9.59 Å². The molecule has 1 rings (SSSR count). The number of carbonyl (C=O) groups is 2. The van der Waals surface area contributed by atoms with Crippen molar-refractivity contribution in [2.75, 3.05) is 6.54 Å². The molecule has 1 aromatic carbocycles. The number of amides is 2. The molecule has 94 valence electrons. The molecule has 1 atom stereocenters. The van der Waals surface area contributed by atoms with Gasteiger partial charge < -0.3 is 15.7 Å². The number of benzene rings is 1. The molecule has 0 saturated carbocycles. The first-order chi connectivity index (χ1) is 8.65. The van der Waals surface area contributed by atoms with Crippen molar-refractivity contribution >= 4 is 12.0 Å². The number of rotatable bonds is 5. The number of carboxylic acid groups (broad SMARTS) is 1. The van der Waals surface area contributed by atoms with Crippen LogP contribution in [0.5, 0.6) is 0 Å². The van der Waals surface area contributed by atoms with Crippen molar-refractivity contribution in [2.45, 2.75) is 12.5 Å². The number of urea groups is 1. The van der Waals surface area contributed by atoms with E-state index >= 15 is 0 Å². The largest absolute Gasteiger partial charge is 0.479 e. The fourth-order valence-electron chi connectivity index (χ4n) is 1.36. The van der Waals surface area contributed by atoms with E-state index < -0.39 is 18.0 Å². The second-order valence-corrected chi connectivity index (χ2v) is 3.54. The van der Waals surface area contributed by atoms with E-state index in [-0.39, 0.29) is 0 Å². The van der Waals surface area contributed by atoms with E-state index in [1.165, 1.54) is 0 Å². The highest BCUT2D eigenvalue weighted by Crippen LogP contribution is 2.12. The van der Waals surface area contributed by atoms with Crippen molar-refractivity contribution in [3.8, 4) is 12.3 Å². The summed E-state index contributed by atoms with van der Waals surface area (Å²) in [7, 11) is 0. The number of hydrogen-bond acceptors (Lipinski definition) is 2. The third-order valence-corrected chi connectivity index (χ3v) is 2.21. The van der Waals surface area contributed by atoms with Crippen molar-refractivity contribution in [3.63, 3.8) is 0 Å². The quantitative estimate of drug-likeness (QED) is 0.538. The number of nitrogens with one attached hydrogen (secondary N) is 2. The second-order valence-electron chi connectivity index (χ2n) is 3.54. The van der Waals surface area contributed by atoms with E-state index in [2.05, 4.69) is 16.6 Å². The van der Waals surface area contributed by atoms with Crippen LogP contribution in [0.25, 0.3) is 0 Å². The Kier molecular flexibility index (Phi) is 5.26. The molecule has 0 spiro atoms. The Morgan fingerprint density at radius 3 is 2.56 bits per heavy atom. The molecule has 3 N–H and O–H groups in total. The van der Waals surface area contributed by atoms with E-state index in [0.29, 0.717) is 18.5 Å². The summed E-state index contributed by atoms with van der Waals surface area (Å²) < 4.78 is 0. The average Bonchev–Trinajstić information content (AvgIpc) is 2.37. The standard InChI is InChI=1S/C13H14N2O3/c1-2-3-9-14-13(18)15-11(12(16)17)10-7-5-4-6-8-10/h1,4-8,11H,3,9H2,(H,16,17)(H2,14,15,18). The molecule has 0 aliphatic heterocycles. The molecule has 0 radical (unpaired) electrons. The molecule has 5 heteroatoms. The highest BCUT2D eigenvalue weighted by molar-refractivity contribution is 5.83. The summed E-state index contributed by atoms with van der Waals surface area (Å²) in [6, 6.07) is 6.85. The topological polar surface area (TPSA) is 78.4 Å². The van der Waals surface area contributed by atoms with Gasteiger partial charge in [-0.15, -0.1) is 12.3 Å². The van der Waals surface area contributed by atoms with Crippen LogP contribution < -0.4 is 10.6 Å². The third kappa shape index (κ3) is 4.18. The average molecular weight is 246 g/mol. The Morgan fingerprint density at radius 1 is 1.33 bits per heavy atom. The molecule has 0 fully saturated rings. The fourth-order valence-corrected chi connectivity index (χ4v) is 1.36. The maximum absolute atomic E-state index is 11.5. The van der Waals surface area contributed by atoms with Crippen molar-refractivity contribution in [2.24, 2.45) is 0 Å². The van der Waals surface area contributed by atoms with Crippen LogP contribution in [0.2, 0.25) is 0 Å². The summed E-state index contributed by atoms with van der Waals surface area (Å²) in [5.74, 6) is 1.25. The van der Waals surface area contributed by atoms with Gasteiger partial charge in [-0.25, -0.2) is 9.59 Å². The van der Waals surface area contributed by atoms with Crippen LogP contribution in [0.15, 0.2) is 30.3 Å². The van der Waals surface area contributed by atoms with E-state index in [1.807, 2.05) is 0 Å². The zero-order valence-corrected chi connectivity index (χ0v) is 9.72. The van der Waals surface area contributed by atoms with Gasteiger partial charge in [0.2, 0.25) is 0 Å². The normalized spacial score (nSPS) is 11.1. The SMILES string of the molecule is C#CCCNC(=O)NC(C(=O)O)c1ccccc1. The molecular formula is C13H14N2O3. The van der Waals surface area contributed by atoms with Gasteiger partial charge in [-0.05, 0) is 5.56 Å². The van der Waals surface area contributed by atoms with Gasteiger partial charge in [-0.2, -0.15) is 0 Å². The number of hydrogen-bond donors (Lipinski definition) is 3. The van der Waals surface area contributed by atoms with E-state index in [1.54, 1.807) is 30.3 Å². The van der Waals surface area contributed by atoms with Crippen molar-refractivity contribution in [1.82, 2.24) is 10.6 Å². The summed E-state index contributed by atoms with van der Waals surface area (Å²) in [5.41, 5.74) is 0.511. The first-order valence-electron chi connectivity index (χ1n) is 5.40. The summed E-state index contributed by atoms with van der Waals surface area (Å²) in [4.78, 5) is 22.5. The van der Waals surface area contributed by atoms with Crippen molar-refractivity contribution in [1.29, 1.82) is 0 Å². The number of terminal acetylenes is 1. The first-order valence-corrected chi connectivity index (χ1v) is 5.40. The molecule has 0 saturated heterocycles. The predicted octanol–water partition coefficient (Wildman–Crippen LogP) is 1.13. The van der Waals surface area contributed by atoms with Gasteiger partial charge in [0.05, 0.1) is 0 Å². The third-order valence-electron chi connectivity index (χ3n) is 2.21. The molecule has 2 amide bonds. The van der Waals surface area contributed by atoms with Gasteiger partial charge in [0.25, 0.3) is 0 Å². The lowest BCUT2D eigenvalue weighted by atomic mass is 10.1. The van der Waals surface area contributed by atoms with Gasteiger partial charge in [0.15, 0.2) is 6.04 Å². The lowest BCUT2D eigenvalue weighted by molar-refractivity contribution is -0.139. The Labute approximate surface area is 105 Å². The highest BCUT2D eigenvalue weighted by atomic mass is 16.4. The Hall–Kier alpha value is -2.48. The summed E-state index contributed by atoms with van der Waals surface area (Å²) in [5, 5.41) is 13.9. The van der Waals surface area contributed by atoms with Crippen LogP contribution >= 0.6 is 0 Å². The number of aliphatic carboxylic acids is 1. The molecule has 5 nitrogen and oxygen atoms in total. The lowest BCUT2D eigenvalue weighted by Crippen LogP contribution is -2.41. The van der Waals surface area contributed by atoms with Crippen LogP contribution in [0, 0.1) is 12.3 Å². The van der Waals surface area contributed by atoms with Gasteiger partial charge in [0.1, 0.15) is 0 Å². The Morgan fingerprint density at radius 2 is 2.00 bits per heavy atom. The zero-order chi connectivity index (χ0) is 13.4. The molecule has 1 unspecified atom stereocenters. The van der Waals surface area contributed by atoms with Crippen LogP contribution in [-0.4, -0.2) is 23.7 Å². The number of carbonyl (C=O) groups excluding carboxylic acids is 1. The van der Waals surface area contributed by atoms with Crippen LogP contribution in [0.4, 0.5) is 4.79 Å². The molecule has 0 bridgehead atoms. The molecule has 0 aromatic heterocycles.